The van der Waals surface area contributed by atoms with Gasteiger partial charge in [-0.25, -0.2) is 4.39 Å². The van der Waals surface area contributed by atoms with Crippen molar-refractivity contribution in [3.05, 3.63) is 81.0 Å². The van der Waals surface area contributed by atoms with E-state index in [-0.39, 0.29) is 30.9 Å². The minimum absolute atomic E-state index is 0.0442. The van der Waals surface area contributed by atoms with Gasteiger partial charge in [-0.3, -0.25) is 0 Å². The maximum Gasteiger partial charge on any atom is 0.200 e. The van der Waals surface area contributed by atoms with Crippen molar-refractivity contribution in [1.29, 1.82) is 0 Å². The fraction of sp³-hybridized carbons (Fsp3) is 0.200. The highest BCUT2D eigenvalue weighted by Crippen LogP contribution is 2.28. The number of aromatic nitrogens is 1. The molecule has 0 aliphatic rings. The van der Waals surface area contributed by atoms with Gasteiger partial charge in [0.15, 0.2) is 11.6 Å². The van der Waals surface area contributed by atoms with E-state index in [0.29, 0.717) is 11.4 Å². The van der Waals surface area contributed by atoms with Crippen LogP contribution >= 0.6 is 27.5 Å². The fourth-order valence-electron chi connectivity index (χ4n) is 2.72. The summed E-state index contributed by atoms with van der Waals surface area (Å²) in [6.07, 6.45) is 2.49. The largest absolute Gasteiger partial charge is 0.484 e. The van der Waals surface area contributed by atoms with Crippen LogP contribution < -0.4 is 4.74 Å². The molecule has 0 bridgehead atoms. The smallest absolute Gasteiger partial charge is 0.200 e. The van der Waals surface area contributed by atoms with Gasteiger partial charge in [0, 0.05) is 28.0 Å². The average Bonchev–Trinajstić information content (AvgIpc) is 3.03. The van der Waals surface area contributed by atoms with Crippen LogP contribution in [0.1, 0.15) is 17.7 Å². The van der Waals surface area contributed by atoms with E-state index in [1.165, 1.54) is 12.1 Å². The van der Waals surface area contributed by atoms with Crippen LogP contribution in [0.15, 0.2) is 53.1 Å². The molecule has 27 heavy (non-hydrogen) atoms. The molecule has 0 amide bonds. The minimum atomic E-state index is -1.02. The van der Waals surface area contributed by atoms with Gasteiger partial charge in [-0.05, 0) is 70.7 Å². The molecule has 3 nitrogen and oxygen atoms in total. The molecule has 2 aromatic carbocycles. The monoisotopic (exact) mass is 455 g/mol. The highest BCUT2D eigenvalue weighted by molar-refractivity contribution is 9.10. The molecule has 0 unspecified atom stereocenters. The van der Waals surface area contributed by atoms with E-state index >= 15 is 0 Å². The number of aryl methyl sites for hydroxylation is 1. The molecule has 0 fully saturated rings. The number of hydrogen-bond donors (Lipinski definition) is 1. The summed E-state index contributed by atoms with van der Waals surface area (Å²) in [4.78, 5) is 0. The Morgan fingerprint density at radius 3 is 2.48 bits per heavy atom. The first-order valence-corrected chi connectivity index (χ1v) is 9.50. The number of rotatable bonds is 7. The maximum absolute atomic E-state index is 14.3. The lowest BCUT2D eigenvalue weighted by molar-refractivity contribution is 0.276. The van der Waals surface area contributed by atoms with E-state index in [4.69, 9.17) is 21.4 Å². The lowest BCUT2D eigenvalue weighted by atomic mass is 10.1. The summed E-state index contributed by atoms with van der Waals surface area (Å²) in [5, 5.41) is 9.46. The lowest BCUT2D eigenvalue weighted by Crippen LogP contribution is -2.06. The Hall–Kier alpha value is -1.89. The van der Waals surface area contributed by atoms with Crippen molar-refractivity contribution in [2.45, 2.75) is 19.4 Å². The van der Waals surface area contributed by atoms with Crippen molar-refractivity contribution in [2.24, 2.45) is 0 Å². The van der Waals surface area contributed by atoms with Crippen LogP contribution in [0, 0.1) is 11.6 Å². The predicted molar refractivity (Wildman–Crippen MR) is 105 cm³/mol. The third-order valence-corrected chi connectivity index (χ3v) is 5.11. The Morgan fingerprint density at radius 1 is 1.04 bits per heavy atom. The zero-order chi connectivity index (χ0) is 19.4. The van der Waals surface area contributed by atoms with Gasteiger partial charge in [-0.2, -0.15) is 4.39 Å². The molecule has 7 heteroatoms. The third kappa shape index (κ3) is 4.51. The van der Waals surface area contributed by atoms with Crippen molar-refractivity contribution in [3.8, 4) is 11.4 Å². The summed E-state index contributed by atoms with van der Waals surface area (Å²) in [6.45, 7) is -0.0302. The molecule has 0 atom stereocenters. The molecule has 0 aliphatic heterocycles. The van der Waals surface area contributed by atoms with Gasteiger partial charge in [0.25, 0.3) is 0 Å². The number of ether oxygens (including phenoxy) is 1. The summed E-state index contributed by atoms with van der Waals surface area (Å²) in [7, 11) is 0. The Bertz CT molecular complexity index is 928. The number of halogens is 4. The van der Waals surface area contributed by atoms with Crippen LogP contribution in [0.4, 0.5) is 8.78 Å². The SMILES string of the molecule is OCCCc1ccc(OCc2c(Br)ccn2-c2ccc(Cl)cc2)c(F)c1F. The quantitative estimate of drug-likeness (QED) is 0.497. The first kappa shape index (κ1) is 19.9. The molecule has 0 radical (unpaired) electrons. The first-order chi connectivity index (χ1) is 13.0. The van der Waals surface area contributed by atoms with Crippen molar-refractivity contribution >= 4 is 27.5 Å². The number of aliphatic hydroxyl groups is 1. The molecule has 1 heterocycles. The van der Waals surface area contributed by atoms with Crippen LogP contribution in [0.3, 0.4) is 0 Å². The normalized spacial score (nSPS) is 11.0. The van der Waals surface area contributed by atoms with Crippen LogP contribution in [0.2, 0.25) is 5.02 Å². The number of benzene rings is 2. The van der Waals surface area contributed by atoms with Gasteiger partial charge in [0.05, 0.1) is 5.69 Å². The summed E-state index contributed by atoms with van der Waals surface area (Å²) >= 11 is 9.38. The fourth-order valence-corrected chi connectivity index (χ4v) is 3.26. The van der Waals surface area contributed by atoms with E-state index < -0.39 is 11.6 Å². The highest BCUT2D eigenvalue weighted by Gasteiger charge is 2.16. The van der Waals surface area contributed by atoms with Crippen LogP contribution in [0.25, 0.3) is 5.69 Å². The average molecular weight is 457 g/mol. The van der Waals surface area contributed by atoms with Crippen molar-refractivity contribution in [1.82, 2.24) is 4.57 Å². The third-order valence-electron chi connectivity index (χ3n) is 4.14. The molecule has 3 rings (SSSR count). The number of hydrogen-bond acceptors (Lipinski definition) is 2. The van der Waals surface area contributed by atoms with Gasteiger partial charge < -0.3 is 14.4 Å². The van der Waals surface area contributed by atoms with E-state index in [1.54, 1.807) is 12.1 Å². The van der Waals surface area contributed by atoms with Crippen molar-refractivity contribution in [2.75, 3.05) is 6.61 Å². The number of nitrogens with zero attached hydrogens (tertiary/aromatic N) is 1. The van der Waals surface area contributed by atoms with Crippen LogP contribution in [-0.2, 0) is 13.0 Å². The van der Waals surface area contributed by atoms with Crippen LogP contribution in [0.5, 0.6) is 5.75 Å². The van der Waals surface area contributed by atoms with E-state index in [9.17, 15) is 8.78 Å². The topological polar surface area (TPSA) is 34.4 Å². The van der Waals surface area contributed by atoms with E-state index in [0.717, 1.165) is 15.9 Å². The molecule has 0 spiro atoms. The van der Waals surface area contributed by atoms with Gasteiger partial charge in [0.1, 0.15) is 6.61 Å². The van der Waals surface area contributed by atoms with E-state index in [2.05, 4.69) is 15.9 Å². The van der Waals surface area contributed by atoms with E-state index in [1.807, 2.05) is 29.0 Å². The second-order valence-corrected chi connectivity index (χ2v) is 7.21. The molecule has 142 valence electrons. The van der Waals surface area contributed by atoms with Gasteiger partial charge in [-0.1, -0.05) is 17.7 Å². The Labute approximate surface area is 169 Å². The Balaban J connectivity index is 1.80. The van der Waals surface area contributed by atoms with Crippen LogP contribution in [-0.4, -0.2) is 16.3 Å². The van der Waals surface area contributed by atoms with Crippen molar-refractivity contribution in [3.63, 3.8) is 0 Å². The summed E-state index contributed by atoms with van der Waals surface area (Å²) in [5.41, 5.74) is 1.84. The maximum atomic E-state index is 14.3. The Kier molecular flexibility index (Phi) is 6.52. The molecule has 1 N–H and O–H groups in total. The predicted octanol–water partition coefficient (Wildman–Crippen LogP) is 5.68. The second-order valence-electron chi connectivity index (χ2n) is 5.92. The minimum Gasteiger partial charge on any atom is -0.484 e. The molecule has 0 saturated heterocycles. The lowest BCUT2D eigenvalue weighted by Gasteiger charge is -2.13. The van der Waals surface area contributed by atoms with Gasteiger partial charge in [0.2, 0.25) is 5.82 Å². The summed E-state index contributed by atoms with van der Waals surface area (Å²) < 4.78 is 36.7. The Morgan fingerprint density at radius 2 is 1.78 bits per heavy atom. The standard InChI is InChI=1S/C20H17BrClF2NO2/c21-16-9-10-25(15-6-4-14(22)5-7-15)17(16)12-27-18-8-3-13(2-1-11-26)19(23)20(18)24/h3-10,26H,1-2,11-12H2. The first-order valence-electron chi connectivity index (χ1n) is 8.33. The molecule has 1 aromatic heterocycles. The van der Waals surface area contributed by atoms with Gasteiger partial charge in [-0.15, -0.1) is 0 Å². The summed E-state index contributed by atoms with van der Waals surface area (Å²) in [6, 6.07) is 12.0. The second kappa shape index (κ2) is 8.87. The zero-order valence-electron chi connectivity index (χ0n) is 14.3. The number of aliphatic hydroxyl groups excluding tert-OH is 1. The highest BCUT2D eigenvalue weighted by atomic mass is 79.9. The molecule has 0 aliphatic carbocycles. The molecular weight excluding hydrogens is 440 g/mol. The molecule has 3 aromatic rings. The van der Waals surface area contributed by atoms with Gasteiger partial charge >= 0.3 is 0 Å². The van der Waals surface area contributed by atoms with Crippen molar-refractivity contribution < 1.29 is 18.6 Å². The zero-order valence-corrected chi connectivity index (χ0v) is 16.6. The molecule has 0 saturated carbocycles. The summed E-state index contributed by atoms with van der Waals surface area (Å²) in [5.74, 6) is -2.12. The molecular formula is C20H17BrClF2NO2.